The first-order valence-electron chi connectivity index (χ1n) is 4.80. The number of benzene rings is 1. The number of anilines is 2. The van der Waals surface area contributed by atoms with Gasteiger partial charge in [0.05, 0.1) is 17.3 Å². The molecule has 0 saturated carbocycles. The predicted octanol–water partition coefficient (Wildman–Crippen LogP) is 1.71. The summed E-state index contributed by atoms with van der Waals surface area (Å²) in [5, 5.41) is 3.27. The monoisotopic (exact) mass is 190 g/mol. The van der Waals surface area contributed by atoms with Gasteiger partial charge in [-0.3, -0.25) is 4.79 Å². The molecule has 3 heteroatoms. The molecule has 0 spiro atoms. The molecular formula is C11H14N2O. The van der Waals surface area contributed by atoms with Crippen LogP contribution in [-0.4, -0.2) is 19.5 Å². The molecule has 14 heavy (non-hydrogen) atoms. The van der Waals surface area contributed by atoms with Crippen molar-refractivity contribution in [3.05, 3.63) is 24.3 Å². The van der Waals surface area contributed by atoms with Crippen LogP contribution in [-0.2, 0) is 4.79 Å². The van der Waals surface area contributed by atoms with Crippen LogP contribution in [0.15, 0.2) is 24.3 Å². The van der Waals surface area contributed by atoms with Gasteiger partial charge in [-0.15, -0.1) is 0 Å². The highest BCUT2D eigenvalue weighted by Crippen LogP contribution is 2.28. The predicted molar refractivity (Wildman–Crippen MR) is 57.5 cm³/mol. The minimum atomic E-state index is 0.0346. The van der Waals surface area contributed by atoms with E-state index in [1.54, 1.807) is 4.90 Å². The second-order valence-corrected chi connectivity index (χ2v) is 3.70. The quantitative estimate of drug-likeness (QED) is 0.675. The molecule has 1 aromatic rings. The van der Waals surface area contributed by atoms with Crippen molar-refractivity contribution >= 4 is 17.3 Å². The Kier molecular flexibility index (Phi) is 2.15. The molecule has 0 aliphatic carbocycles. The minimum absolute atomic E-state index is 0.0346. The standard InChI is InChI=1S/C11H14N2O/c1-8-7-12-9-5-3-4-6-10(9)13(2)11(8)14/h3-6,8,12H,7H2,1-2H3. The number of nitrogens with zero attached hydrogens (tertiary/aromatic N) is 1. The lowest BCUT2D eigenvalue weighted by atomic mass is 10.1. The third-order valence-electron chi connectivity index (χ3n) is 2.62. The Labute approximate surface area is 83.7 Å². The zero-order valence-electron chi connectivity index (χ0n) is 8.45. The Bertz CT molecular complexity index is 362. The van der Waals surface area contributed by atoms with Crippen LogP contribution in [0, 0.1) is 5.92 Å². The first-order chi connectivity index (χ1) is 6.70. The normalized spacial score (nSPS) is 21.1. The molecule has 1 aliphatic heterocycles. The summed E-state index contributed by atoms with van der Waals surface area (Å²) in [6.45, 7) is 2.65. The van der Waals surface area contributed by atoms with Gasteiger partial charge in [0.25, 0.3) is 0 Å². The third kappa shape index (κ3) is 1.35. The highest BCUT2D eigenvalue weighted by molar-refractivity contribution is 5.99. The fourth-order valence-corrected chi connectivity index (χ4v) is 1.72. The van der Waals surface area contributed by atoms with Crippen LogP contribution in [0.25, 0.3) is 0 Å². The first kappa shape index (κ1) is 9.06. The number of rotatable bonds is 0. The van der Waals surface area contributed by atoms with Crippen LogP contribution in [0.3, 0.4) is 0 Å². The van der Waals surface area contributed by atoms with Gasteiger partial charge in [0.2, 0.25) is 5.91 Å². The maximum absolute atomic E-state index is 11.8. The molecule has 1 atom stereocenters. The molecule has 0 radical (unpaired) electrons. The smallest absolute Gasteiger partial charge is 0.231 e. The van der Waals surface area contributed by atoms with Crippen LogP contribution in [0.2, 0.25) is 0 Å². The van der Waals surface area contributed by atoms with E-state index in [1.807, 2.05) is 38.2 Å². The molecule has 3 nitrogen and oxygen atoms in total. The van der Waals surface area contributed by atoms with Gasteiger partial charge in [-0.05, 0) is 12.1 Å². The number of nitrogens with one attached hydrogen (secondary N) is 1. The van der Waals surface area contributed by atoms with Crippen LogP contribution in [0.4, 0.5) is 11.4 Å². The molecule has 0 fully saturated rings. The summed E-state index contributed by atoms with van der Waals surface area (Å²) in [7, 11) is 1.82. The fraction of sp³-hybridized carbons (Fsp3) is 0.364. The number of hydrogen-bond acceptors (Lipinski definition) is 2. The topological polar surface area (TPSA) is 32.3 Å². The van der Waals surface area contributed by atoms with Crippen molar-refractivity contribution in [3.8, 4) is 0 Å². The lowest BCUT2D eigenvalue weighted by Crippen LogP contribution is -2.31. The van der Waals surface area contributed by atoms with Gasteiger partial charge in [0.15, 0.2) is 0 Å². The molecule has 0 saturated heterocycles. The molecule has 2 rings (SSSR count). The molecule has 1 heterocycles. The molecular weight excluding hydrogens is 176 g/mol. The Morgan fingerprint density at radius 1 is 1.43 bits per heavy atom. The van der Waals surface area contributed by atoms with Gasteiger partial charge in [0, 0.05) is 13.6 Å². The van der Waals surface area contributed by atoms with Crippen LogP contribution in [0.5, 0.6) is 0 Å². The second-order valence-electron chi connectivity index (χ2n) is 3.70. The summed E-state index contributed by atoms with van der Waals surface area (Å²) in [4.78, 5) is 13.5. The first-order valence-corrected chi connectivity index (χ1v) is 4.80. The number of carbonyl (C=O) groups excluding carboxylic acids is 1. The Morgan fingerprint density at radius 3 is 2.93 bits per heavy atom. The SMILES string of the molecule is CC1CNc2ccccc2N(C)C1=O. The van der Waals surface area contributed by atoms with Crippen molar-refractivity contribution in [1.82, 2.24) is 0 Å². The number of fused-ring (bicyclic) bond motifs is 1. The molecule has 1 aromatic carbocycles. The highest BCUT2D eigenvalue weighted by Gasteiger charge is 2.23. The zero-order valence-corrected chi connectivity index (χ0v) is 8.45. The van der Waals surface area contributed by atoms with E-state index >= 15 is 0 Å². The summed E-state index contributed by atoms with van der Waals surface area (Å²) < 4.78 is 0. The van der Waals surface area contributed by atoms with Crippen LogP contribution >= 0.6 is 0 Å². The van der Waals surface area contributed by atoms with E-state index in [0.717, 1.165) is 11.4 Å². The number of amides is 1. The molecule has 0 bridgehead atoms. The molecule has 0 aromatic heterocycles. The number of hydrogen-bond donors (Lipinski definition) is 1. The van der Waals surface area contributed by atoms with Crippen molar-refractivity contribution in [2.75, 3.05) is 23.8 Å². The van der Waals surface area contributed by atoms with E-state index in [0.29, 0.717) is 6.54 Å². The Balaban J connectivity index is 2.45. The van der Waals surface area contributed by atoms with Crippen LogP contribution < -0.4 is 10.2 Å². The minimum Gasteiger partial charge on any atom is -0.383 e. The number of para-hydroxylation sites is 2. The second kappa shape index (κ2) is 3.33. The molecule has 1 aliphatic rings. The lowest BCUT2D eigenvalue weighted by Gasteiger charge is -2.18. The Hall–Kier alpha value is -1.51. The summed E-state index contributed by atoms with van der Waals surface area (Å²) in [6.07, 6.45) is 0. The van der Waals surface area contributed by atoms with Crippen molar-refractivity contribution in [3.63, 3.8) is 0 Å². The summed E-state index contributed by atoms with van der Waals surface area (Å²) >= 11 is 0. The highest BCUT2D eigenvalue weighted by atomic mass is 16.2. The van der Waals surface area contributed by atoms with Gasteiger partial charge in [-0.1, -0.05) is 19.1 Å². The van der Waals surface area contributed by atoms with E-state index in [2.05, 4.69) is 5.32 Å². The average molecular weight is 190 g/mol. The van der Waals surface area contributed by atoms with Gasteiger partial charge in [-0.2, -0.15) is 0 Å². The summed E-state index contributed by atoms with van der Waals surface area (Å²) in [5.74, 6) is 0.204. The van der Waals surface area contributed by atoms with E-state index in [4.69, 9.17) is 0 Å². The third-order valence-corrected chi connectivity index (χ3v) is 2.62. The van der Waals surface area contributed by atoms with E-state index < -0.39 is 0 Å². The van der Waals surface area contributed by atoms with E-state index in [-0.39, 0.29) is 11.8 Å². The maximum atomic E-state index is 11.8. The molecule has 1 N–H and O–H groups in total. The summed E-state index contributed by atoms with van der Waals surface area (Å²) in [5.41, 5.74) is 1.99. The zero-order chi connectivity index (χ0) is 10.1. The van der Waals surface area contributed by atoms with Gasteiger partial charge in [-0.25, -0.2) is 0 Å². The Morgan fingerprint density at radius 2 is 2.14 bits per heavy atom. The fourth-order valence-electron chi connectivity index (χ4n) is 1.72. The van der Waals surface area contributed by atoms with Gasteiger partial charge < -0.3 is 10.2 Å². The van der Waals surface area contributed by atoms with Gasteiger partial charge >= 0.3 is 0 Å². The summed E-state index contributed by atoms with van der Waals surface area (Å²) in [6, 6.07) is 7.87. The number of carbonyl (C=O) groups is 1. The maximum Gasteiger partial charge on any atom is 0.231 e. The van der Waals surface area contributed by atoms with Crippen molar-refractivity contribution in [2.24, 2.45) is 5.92 Å². The van der Waals surface area contributed by atoms with Crippen LogP contribution in [0.1, 0.15) is 6.92 Å². The van der Waals surface area contributed by atoms with Crippen molar-refractivity contribution in [2.45, 2.75) is 6.92 Å². The molecule has 1 unspecified atom stereocenters. The largest absolute Gasteiger partial charge is 0.383 e. The average Bonchev–Trinajstić information content (AvgIpc) is 2.32. The van der Waals surface area contributed by atoms with Crippen molar-refractivity contribution < 1.29 is 4.79 Å². The van der Waals surface area contributed by atoms with Gasteiger partial charge in [0.1, 0.15) is 0 Å². The molecule has 1 amide bonds. The molecule has 74 valence electrons. The van der Waals surface area contributed by atoms with E-state index in [1.165, 1.54) is 0 Å². The van der Waals surface area contributed by atoms with Crippen molar-refractivity contribution in [1.29, 1.82) is 0 Å². The van der Waals surface area contributed by atoms with E-state index in [9.17, 15) is 4.79 Å². The lowest BCUT2D eigenvalue weighted by molar-refractivity contribution is -0.121.